The first-order chi connectivity index (χ1) is 30.3. The van der Waals surface area contributed by atoms with Gasteiger partial charge in [-0.15, -0.1) is 11.3 Å². The molecule has 1 aliphatic rings. The second kappa shape index (κ2) is 29.1. The summed E-state index contributed by atoms with van der Waals surface area (Å²) in [5, 5.41) is 23.2. The molecule has 2 aromatic rings. The minimum absolute atomic E-state index is 0.0491. The molecule has 3 rings (SSSR count). The van der Waals surface area contributed by atoms with Gasteiger partial charge in [-0.25, -0.2) is 4.98 Å². The van der Waals surface area contributed by atoms with Gasteiger partial charge in [0.05, 0.1) is 108 Å². The monoisotopic (exact) mass is 904 g/mol. The number of amides is 3. The van der Waals surface area contributed by atoms with Gasteiger partial charge < -0.3 is 53.8 Å². The number of thiazole rings is 1. The Balaban J connectivity index is 1.51. The van der Waals surface area contributed by atoms with Crippen molar-refractivity contribution in [2.24, 2.45) is 21.1 Å². The topological polar surface area (TPSA) is 274 Å². The number of azide groups is 2. The zero-order valence-corrected chi connectivity index (χ0v) is 37.9. The second-order valence-electron chi connectivity index (χ2n) is 16.2. The van der Waals surface area contributed by atoms with Gasteiger partial charge in [0.25, 0.3) is 0 Å². The second-order valence-corrected chi connectivity index (χ2v) is 17.1. The number of aryl methyl sites for hydroxylation is 1. The maximum Gasteiger partial charge on any atom is 0.246 e. The van der Waals surface area contributed by atoms with E-state index in [0.29, 0.717) is 52.9 Å². The van der Waals surface area contributed by atoms with Gasteiger partial charge in [-0.05, 0) is 34.5 Å². The van der Waals surface area contributed by atoms with Crippen LogP contribution >= 0.6 is 11.3 Å². The molecule has 21 nitrogen and oxygen atoms in total. The third kappa shape index (κ3) is 20.3. The van der Waals surface area contributed by atoms with E-state index in [1.807, 2.05) is 58.9 Å². The largest absolute Gasteiger partial charge is 0.391 e. The van der Waals surface area contributed by atoms with Crippen molar-refractivity contribution in [3.05, 3.63) is 61.9 Å². The fourth-order valence-electron chi connectivity index (χ4n) is 6.32. The predicted octanol–water partition coefficient (Wildman–Crippen LogP) is 3.97. The van der Waals surface area contributed by atoms with Crippen LogP contribution in [0.15, 0.2) is 40.0 Å². The lowest BCUT2D eigenvalue weighted by Crippen LogP contribution is -2.58. The first kappa shape index (κ1) is 52.9. The Hall–Kier alpha value is -4.44. The van der Waals surface area contributed by atoms with Crippen LogP contribution < -0.4 is 10.6 Å². The summed E-state index contributed by atoms with van der Waals surface area (Å²) in [7, 11) is 0. The van der Waals surface area contributed by atoms with Crippen LogP contribution in [-0.4, -0.2) is 163 Å². The van der Waals surface area contributed by atoms with Gasteiger partial charge in [-0.2, -0.15) is 0 Å². The number of aliphatic hydroxyl groups excluding tert-OH is 1. The Kier molecular flexibility index (Phi) is 24.4. The summed E-state index contributed by atoms with van der Waals surface area (Å²) in [6.07, 6.45) is -0.837. The molecule has 0 radical (unpaired) electrons. The summed E-state index contributed by atoms with van der Waals surface area (Å²) in [4.78, 5) is 53.1. The summed E-state index contributed by atoms with van der Waals surface area (Å²) < 4.78 is 39.5. The lowest BCUT2D eigenvalue weighted by atomic mass is 9.85. The van der Waals surface area contributed by atoms with E-state index in [2.05, 4.69) is 35.7 Å². The number of ether oxygens (including phenoxy) is 7. The molecule has 1 fully saturated rings. The Bertz CT molecular complexity index is 1730. The van der Waals surface area contributed by atoms with E-state index in [0.717, 1.165) is 21.7 Å². The van der Waals surface area contributed by atoms with E-state index >= 15 is 0 Å². The molecule has 350 valence electrons. The summed E-state index contributed by atoms with van der Waals surface area (Å²) in [6.45, 7) is 13.2. The van der Waals surface area contributed by atoms with Crippen LogP contribution in [0.2, 0.25) is 0 Å². The number of hydrogen-bond acceptors (Lipinski definition) is 15. The van der Waals surface area contributed by atoms with Crippen molar-refractivity contribution in [1.82, 2.24) is 20.5 Å². The van der Waals surface area contributed by atoms with Crippen molar-refractivity contribution in [1.29, 1.82) is 0 Å². The Labute approximate surface area is 372 Å². The van der Waals surface area contributed by atoms with Crippen molar-refractivity contribution in [2.45, 2.75) is 65.8 Å². The van der Waals surface area contributed by atoms with Gasteiger partial charge in [0.15, 0.2) is 0 Å². The van der Waals surface area contributed by atoms with Crippen LogP contribution in [0.4, 0.5) is 0 Å². The molecule has 2 heterocycles. The van der Waals surface area contributed by atoms with E-state index in [9.17, 15) is 19.5 Å². The van der Waals surface area contributed by atoms with E-state index in [4.69, 9.17) is 44.2 Å². The van der Waals surface area contributed by atoms with Crippen LogP contribution in [0.5, 0.6) is 0 Å². The summed E-state index contributed by atoms with van der Waals surface area (Å²) in [5.74, 6) is -1.41. The molecule has 1 aliphatic heterocycles. The van der Waals surface area contributed by atoms with Gasteiger partial charge in [-0.1, -0.05) is 62.2 Å². The zero-order chi connectivity index (χ0) is 45.9. The van der Waals surface area contributed by atoms with Crippen molar-refractivity contribution in [2.75, 3.05) is 112 Å². The van der Waals surface area contributed by atoms with Crippen LogP contribution in [-0.2, 0) is 54.1 Å². The number of likely N-dealkylation sites (tertiary alicyclic amines) is 1. The average Bonchev–Trinajstić information content (AvgIpc) is 3.87. The number of aromatic nitrogens is 1. The molecule has 0 aliphatic carbocycles. The minimum atomic E-state index is -1.03. The smallest absolute Gasteiger partial charge is 0.246 e. The van der Waals surface area contributed by atoms with Gasteiger partial charge in [0.1, 0.15) is 18.7 Å². The molecular formula is C41H64N10O11S. The molecule has 1 aromatic carbocycles. The lowest BCUT2D eigenvalue weighted by Gasteiger charge is -2.35. The standard InChI is InChI=1S/C41H64N10O11S/c1-30-36(63-29-45-30)32-8-6-31(7-9-32)23-44-38(54)34-22-33(52)24-51(34)39(55)37(40(2,3)4)48-35(53)25-62-28-41(5,26-60-20-18-58-16-14-56-12-10-46-49-42)27-61-21-19-59-17-15-57-13-11-47-50-43/h6-9,29,33-34,37,52H,10-28H2,1-5H3,(H,44,54)(H,48,53)/t33-,34-,37+/m0/s1. The number of benzene rings is 1. The van der Waals surface area contributed by atoms with E-state index in [-0.39, 0.29) is 72.2 Å². The maximum absolute atomic E-state index is 14.1. The van der Waals surface area contributed by atoms with E-state index in [1.165, 1.54) is 4.90 Å². The predicted molar refractivity (Wildman–Crippen MR) is 234 cm³/mol. The quantitative estimate of drug-likeness (QED) is 0.0407. The number of β-amino-alcohol motifs (C(OH)–C–C–N with tert-alkyl or cyclic N) is 1. The average molecular weight is 905 g/mol. The molecule has 0 bridgehead atoms. The highest BCUT2D eigenvalue weighted by Gasteiger charge is 2.44. The van der Waals surface area contributed by atoms with Crippen molar-refractivity contribution >= 4 is 29.1 Å². The van der Waals surface area contributed by atoms with Gasteiger partial charge in [0.2, 0.25) is 17.7 Å². The Morgan fingerprint density at radius 2 is 1.37 bits per heavy atom. The van der Waals surface area contributed by atoms with Crippen LogP contribution in [0.1, 0.15) is 45.4 Å². The van der Waals surface area contributed by atoms with Crippen LogP contribution in [0, 0.1) is 17.8 Å². The maximum atomic E-state index is 14.1. The van der Waals surface area contributed by atoms with E-state index < -0.39 is 46.7 Å². The highest BCUT2D eigenvalue weighted by Crippen LogP contribution is 2.28. The highest BCUT2D eigenvalue weighted by molar-refractivity contribution is 7.13. The fraction of sp³-hybridized carbons (Fsp3) is 0.707. The van der Waals surface area contributed by atoms with Gasteiger partial charge in [-0.3, -0.25) is 14.4 Å². The molecule has 63 heavy (non-hydrogen) atoms. The molecule has 1 aromatic heterocycles. The molecule has 1 saturated heterocycles. The third-order valence-corrected chi connectivity index (χ3v) is 10.6. The molecule has 0 spiro atoms. The molecular weight excluding hydrogens is 841 g/mol. The van der Waals surface area contributed by atoms with Crippen molar-refractivity contribution < 1.29 is 52.6 Å². The molecule has 22 heteroatoms. The summed E-state index contributed by atoms with van der Waals surface area (Å²) in [6, 6.07) is 5.87. The molecule has 0 unspecified atom stereocenters. The molecule has 0 saturated carbocycles. The number of nitrogens with one attached hydrogen (secondary N) is 2. The lowest BCUT2D eigenvalue weighted by molar-refractivity contribution is -0.145. The number of carbonyl (C=O) groups excluding carboxylic acids is 3. The summed E-state index contributed by atoms with van der Waals surface area (Å²) >= 11 is 1.56. The van der Waals surface area contributed by atoms with Crippen LogP contribution in [0.3, 0.4) is 0 Å². The fourth-order valence-corrected chi connectivity index (χ4v) is 7.13. The van der Waals surface area contributed by atoms with Crippen molar-refractivity contribution in [3.8, 4) is 10.4 Å². The highest BCUT2D eigenvalue weighted by atomic mass is 32.1. The number of nitrogens with zero attached hydrogens (tertiary/aromatic N) is 8. The molecule has 3 amide bonds. The SMILES string of the molecule is Cc1ncsc1-c1ccc(CNC(=O)[C@@H]2C[C@H](O)CN2C(=O)[C@@H](NC(=O)COCC(C)(COCCOCCOCCN=[N+]=[N-])COCCOCCOCCN=[N+]=[N-])C(C)(C)C)cc1. The van der Waals surface area contributed by atoms with Crippen LogP contribution in [0.25, 0.3) is 31.3 Å². The first-order valence-corrected chi connectivity index (χ1v) is 21.8. The zero-order valence-electron chi connectivity index (χ0n) is 37.1. The van der Waals surface area contributed by atoms with Gasteiger partial charge >= 0.3 is 0 Å². The number of hydrogen-bond donors (Lipinski definition) is 3. The van der Waals surface area contributed by atoms with Crippen molar-refractivity contribution in [3.63, 3.8) is 0 Å². The normalized spacial score (nSPS) is 16.4. The Morgan fingerprint density at radius 1 is 0.841 bits per heavy atom. The third-order valence-electron chi connectivity index (χ3n) is 9.58. The summed E-state index contributed by atoms with van der Waals surface area (Å²) in [5.41, 5.74) is 19.9. The number of aliphatic hydroxyl groups is 1. The molecule has 3 N–H and O–H groups in total. The minimum Gasteiger partial charge on any atom is -0.391 e. The van der Waals surface area contributed by atoms with E-state index in [1.54, 1.807) is 16.8 Å². The van der Waals surface area contributed by atoms with Gasteiger partial charge in [0, 0.05) is 47.8 Å². The number of rotatable bonds is 32. The Morgan fingerprint density at radius 3 is 1.87 bits per heavy atom. The number of carbonyl (C=O) groups is 3. The first-order valence-electron chi connectivity index (χ1n) is 20.9. The molecule has 3 atom stereocenters.